The van der Waals surface area contributed by atoms with Gasteiger partial charge in [0.25, 0.3) is 0 Å². The summed E-state index contributed by atoms with van der Waals surface area (Å²) < 4.78 is 6.58. The SMILES string of the molecule is c1ccc(-c2c(-c3ccccc3)c3cc(-c4cccc(N(c5ccc(-c6cccc7oc8c9ccccc9ccc8c67)cc5)c5cccc6ccccc56)c4)ccc3c3ccccc23)cc1. The molecule has 0 saturated heterocycles. The lowest BCUT2D eigenvalue weighted by molar-refractivity contribution is 0.673. The van der Waals surface area contributed by atoms with Crippen molar-refractivity contribution in [1.82, 2.24) is 0 Å². The monoisotopic (exact) mass is 839 g/mol. The van der Waals surface area contributed by atoms with Gasteiger partial charge in [0.2, 0.25) is 0 Å². The fraction of sp³-hybridized carbons (Fsp3) is 0. The van der Waals surface area contributed by atoms with Gasteiger partial charge in [0.1, 0.15) is 11.2 Å². The van der Waals surface area contributed by atoms with E-state index in [0.717, 1.165) is 66.6 Å². The van der Waals surface area contributed by atoms with Crippen molar-refractivity contribution in [2.75, 3.05) is 4.90 Å². The third-order valence-electron chi connectivity index (χ3n) is 13.4. The van der Waals surface area contributed by atoms with E-state index < -0.39 is 0 Å². The van der Waals surface area contributed by atoms with Gasteiger partial charge in [0.05, 0.1) is 5.69 Å². The van der Waals surface area contributed by atoms with Crippen LogP contribution in [0.15, 0.2) is 253 Å². The van der Waals surface area contributed by atoms with E-state index in [2.05, 4.69) is 254 Å². The summed E-state index contributed by atoms with van der Waals surface area (Å²) in [4.78, 5) is 2.41. The normalized spacial score (nSPS) is 11.6. The Morgan fingerprint density at radius 3 is 1.61 bits per heavy atom. The molecule has 0 aliphatic heterocycles. The molecule has 2 heteroatoms. The lowest BCUT2D eigenvalue weighted by atomic mass is 9.84. The lowest BCUT2D eigenvalue weighted by Crippen LogP contribution is -2.10. The van der Waals surface area contributed by atoms with Gasteiger partial charge in [-0.15, -0.1) is 0 Å². The van der Waals surface area contributed by atoms with Gasteiger partial charge < -0.3 is 9.32 Å². The zero-order valence-corrected chi connectivity index (χ0v) is 36.0. The van der Waals surface area contributed by atoms with Crippen LogP contribution in [-0.4, -0.2) is 0 Å². The Kier molecular flexibility index (Phi) is 8.89. The molecule has 0 fully saturated rings. The molecule has 308 valence electrons. The van der Waals surface area contributed by atoms with Crippen LogP contribution in [0.5, 0.6) is 0 Å². The van der Waals surface area contributed by atoms with Crippen molar-refractivity contribution in [1.29, 1.82) is 0 Å². The summed E-state index contributed by atoms with van der Waals surface area (Å²) in [6.45, 7) is 0. The minimum atomic E-state index is 0.895. The van der Waals surface area contributed by atoms with Crippen LogP contribution in [0.2, 0.25) is 0 Å². The molecule has 1 heterocycles. The van der Waals surface area contributed by atoms with Gasteiger partial charge in [0.15, 0.2) is 0 Å². The predicted molar refractivity (Wildman–Crippen MR) is 280 cm³/mol. The van der Waals surface area contributed by atoms with E-state index in [-0.39, 0.29) is 0 Å². The minimum absolute atomic E-state index is 0.895. The lowest BCUT2D eigenvalue weighted by Gasteiger charge is -2.27. The fourth-order valence-electron chi connectivity index (χ4n) is 10.4. The summed E-state index contributed by atoms with van der Waals surface area (Å²) in [5.41, 5.74) is 14.6. The first-order valence-electron chi connectivity index (χ1n) is 22.7. The van der Waals surface area contributed by atoms with Crippen molar-refractivity contribution in [2.45, 2.75) is 0 Å². The van der Waals surface area contributed by atoms with Crippen molar-refractivity contribution in [3.63, 3.8) is 0 Å². The molecule has 12 aromatic carbocycles. The molecule has 0 spiro atoms. The van der Waals surface area contributed by atoms with E-state index in [9.17, 15) is 0 Å². The maximum Gasteiger partial charge on any atom is 0.143 e. The standard InChI is InChI=1S/C64H41NO/c1-3-18-45(19-4-1)61-56-28-12-11-27-54(56)55-38-35-48(41-58(55)62(61)46-20-5-2-6-21-46)47-23-13-24-50(40-47)65(59-30-14-22-42-16-7-9-25-51(42)59)49-36-32-44(33-37-49)52-29-15-31-60-63(52)57-39-34-43-17-8-10-26-53(43)64(57)66-60/h1-41H. The number of hydrogen-bond donors (Lipinski definition) is 0. The second-order valence-corrected chi connectivity index (χ2v) is 17.2. The van der Waals surface area contributed by atoms with Crippen LogP contribution in [0.25, 0.3) is 110 Å². The van der Waals surface area contributed by atoms with Gasteiger partial charge in [-0.25, -0.2) is 0 Å². The van der Waals surface area contributed by atoms with Gasteiger partial charge >= 0.3 is 0 Å². The van der Waals surface area contributed by atoms with Gasteiger partial charge in [-0.1, -0.05) is 200 Å². The number of hydrogen-bond acceptors (Lipinski definition) is 2. The smallest absolute Gasteiger partial charge is 0.143 e. The molecule has 0 amide bonds. The Morgan fingerprint density at radius 1 is 0.288 bits per heavy atom. The molecule has 0 saturated carbocycles. The highest BCUT2D eigenvalue weighted by molar-refractivity contribution is 6.22. The van der Waals surface area contributed by atoms with Crippen LogP contribution in [0.3, 0.4) is 0 Å². The molecule has 0 atom stereocenters. The number of rotatable bonds is 7. The summed E-state index contributed by atoms with van der Waals surface area (Å²) in [7, 11) is 0. The highest BCUT2D eigenvalue weighted by atomic mass is 16.3. The van der Waals surface area contributed by atoms with E-state index in [1.54, 1.807) is 0 Å². The molecule has 0 radical (unpaired) electrons. The summed E-state index contributed by atoms with van der Waals surface area (Å²) in [5, 5.41) is 11.9. The summed E-state index contributed by atoms with van der Waals surface area (Å²) in [5.74, 6) is 0. The molecular weight excluding hydrogens is 799 g/mol. The average molecular weight is 840 g/mol. The molecule has 0 unspecified atom stereocenters. The number of furan rings is 1. The highest BCUT2D eigenvalue weighted by Crippen LogP contribution is 2.47. The molecule has 2 nitrogen and oxygen atoms in total. The van der Waals surface area contributed by atoms with Crippen LogP contribution in [0.1, 0.15) is 0 Å². The molecule has 0 bridgehead atoms. The Hall–Kier alpha value is -8.72. The molecule has 0 aliphatic carbocycles. The van der Waals surface area contributed by atoms with Crippen LogP contribution in [0.4, 0.5) is 17.1 Å². The average Bonchev–Trinajstić information content (AvgIpc) is 3.79. The maximum absolute atomic E-state index is 6.58. The predicted octanol–water partition coefficient (Wildman–Crippen LogP) is 18.3. The van der Waals surface area contributed by atoms with Gasteiger partial charge in [-0.2, -0.15) is 0 Å². The summed E-state index contributed by atoms with van der Waals surface area (Å²) in [6, 6.07) is 90.3. The first kappa shape index (κ1) is 37.8. The second-order valence-electron chi connectivity index (χ2n) is 17.2. The molecule has 13 aromatic rings. The van der Waals surface area contributed by atoms with Crippen molar-refractivity contribution in [3.05, 3.63) is 249 Å². The number of fused-ring (bicyclic) bond motifs is 9. The third-order valence-corrected chi connectivity index (χ3v) is 13.4. The van der Waals surface area contributed by atoms with E-state index in [1.165, 1.54) is 60.0 Å². The van der Waals surface area contributed by atoms with E-state index >= 15 is 0 Å². The van der Waals surface area contributed by atoms with Gasteiger partial charge in [-0.05, 0) is 125 Å². The van der Waals surface area contributed by atoms with Crippen LogP contribution >= 0.6 is 0 Å². The molecule has 1 aromatic heterocycles. The molecule has 66 heavy (non-hydrogen) atoms. The Labute approximate surface area is 382 Å². The Balaban J connectivity index is 0.977. The largest absolute Gasteiger partial charge is 0.455 e. The minimum Gasteiger partial charge on any atom is -0.455 e. The highest BCUT2D eigenvalue weighted by Gasteiger charge is 2.21. The first-order valence-corrected chi connectivity index (χ1v) is 22.7. The summed E-state index contributed by atoms with van der Waals surface area (Å²) >= 11 is 0. The zero-order valence-electron chi connectivity index (χ0n) is 36.0. The van der Waals surface area contributed by atoms with Gasteiger partial charge in [0, 0.05) is 32.9 Å². The quantitative estimate of drug-likeness (QED) is 0.149. The van der Waals surface area contributed by atoms with Crippen molar-refractivity contribution >= 4 is 82.1 Å². The molecule has 13 rings (SSSR count). The van der Waals surface area contributed by atoms with E-state index in [1.807, 2.05) is 0 Å². The van der Waals surface area contributed by atoms with Crippen LogP contribution < -0.4 is 4.90 Å². The van der Waals surface area contributed by atoms with Crippen molar-refractivity contribution < 1.29 is 4.42 Å². The number of nitrogens with zero attached hydrogens (tertiary/aromatic N) is 1. The topological polar surface area (TPSA) is 16.4 Å². The third kappa shape index (κ3) is 6.18. The Morgan fingerprint density at radius 2 is 0.833 bits per heavy atom. The van der Waals surface area contributed by atoms with Gasteiger partial charge in [-0.3, -0.25) is 0 Å². The second kappa shape index (κ2) is 15.5. The first-order chi connectivity index (χ1) is 32.7. The van der Waals surface area contributed by atoms with Crippen molar-refractivity contribution in [2.24, 2.45) is 0 Å². The molecule has 0 N–H and O–H groups in total. The zero-order chi connectivity index (χ0) is 43.6. The Bertz CT molecular complexity index is 3970. The summed E-state index contributed by atoms with van der Waals surface area (Å²) in [6.07, 6.45) is 0. The van der Waals surface area contributed by atoms with Crippen LogP contribution in [0, 0.1) is 0 Å². The molecular formula is C64H41NO. The number of anilines is 3. The molecule has 0 aliphatic rings. The van der Waals surface area contributed by atoms with E-state index in [4.69, 9.17) is 4.42 Å². The van der Waals surface area contributed by atoms with Crippen LogP contribution in [-0.2, 0) is 0 Å². The maximum atomic E-state index is 6.58. The van der Waals surface area contributed by atoms with Crippen molar-refractivity contribution in [3.8, 4) is 44.5 Å². The fourth-order valence-corrected chi connectivity index (χ4v) is 10.4. The van der Waals surface area contributed by atoms with E-state index in [0.29, 0.717) is 0 Å². The number of benzene rings is 12.